The maximum atomic E-state index is 12.0. The molecule has 0 spiro atoms. The van der Waals surface area contributed by atoms with Crippen molar-refractivity contribution in [3.63, 3.8) is 0 Å². The van der Waals surface area contributed by atoms with Gasteiger partial charge in [-0.2, -0.15) is 0 Å². The lowest BCUT2D eigenvalue weighted by molar-refractivity contribution is -0.164. The van der Waals surface area contributed by atoms with Gasteiger partial charge in [-0.05, 0) is 49.8 Å². The zero-order valence-corrected chi connectivity index (χ0v) is 12.2. The first-order chi connectivity index (χ1) is 7.78. The lowest BCUT2D eigenvalue weighted by Crippen LogP contribution is -2.34. The van der Waals surface area contributed by atoms with Crippen molar-refractivity contribution in [2.24, 2.45) is 11.8 Å². The Morgan fingerprint density at radius 1 is 1.41 bits per heavy atom. The third-order valence-electron chi connectivity index (χ3n) is 2.83. The van der Waals surface area contributed by atoms with E-state index in [0.717, 1.165) is 9.34 Å². The molecule has 1 saturated heterocycles. The van der Waals surface area contributed by atoms with Gasteiger partial charge < -0.3 is 9.47 Å². The van der Waals surface area contributed by atoms with E-state index >= 15 is 0 Å². The predicted octanol–water partition coefficient (Wildman–Crippen LogP) is 2.56. The molecule has 2 atom stereocenters. The molecule has 0 aromatic heterocycles. The van der Waals surface area contributed by atoms with E-state index in [-0.39, 0.29) is 23.8 Å². The number of hydrogen-bond donors (Lipinski definition) is 0. The minimum Gasteiger partial charge on any atom is -0.460 e. The molecule has 0 N–H and O–H groups in total. The smallest absolute Gasteiger partial charge is 0.315 e. The monoisotopic (exact) mass is 350 g/mol. The van der Waals surface area contributed by atoms with Crippen molar-refractivity contribution in [3.8, 4) is 0 Å². The van der Waals surface area contributed by atoms with Crippen LogP contribution in [0.25, 0.3) is 0 Å². The van der Waals surface area contributed by atoms with E-state index in [0.29, 0.717) is 12.8 Å². The highest BCUT2D eigenvalue weighted by molar-refractivity contribution is 14.1. The Morgan fingerprint density at radius 2 is 2.06 bits per heavy atom. The first-order valence-corrected chi connectivity index (χ1v) is 6.68. The molecular weight excluding hydrogens is 335 g/mol. The van der Waals surface area contributed by atoms with Crippen LogP contribution < -0.4 is 0 Å². The molecule has 1 aliphatic heterocycles. The molecule has 2 aliphatic rings. The standard InChI is InChI=1S/C12H15IO4/c1-12(2,3)17-11(15)6-4-8(13)9-5-7(6)10(14)16-9/h6-7H,4-5H2,1-3H3/t6-,7-/m0/s1. The van der Waals surface area contributed by atoms with E-state index in [1.807, 2.05) is 20.8 Å². The first kappa shape index (κ1) is 12.9. The summed E-state index contributed by atoms with van der Waals surface area (Å²) >= 11 is 2.14. The van der Waals surface area contributed by atoms with E-state index in [4.69, 9.17) is 9.47 Å². The molecule has 0 aromatic rings. The van der Waals surface area contributed by atoms with Crippen LogP contribution >= 0.6 is 22.6 Å². The topological polar surface area (TPSA) is 52.6 Å². The summed E-state index contributed by atoms with van der Waals surface area (Å²) < 4.78 is 11.4. The van der Waals surface area contributed by atoms with Crippen LogP contribution in [0, 0.1) is 11.8 Å². The van der Waals surface area contributed by atoms with E-state index in [1.54, 1.807) is 0 Å². The lowest BCUT2D eigenvalue weighted by Gasteiger charge is -2.26. The molecule has 0 unspecified atom stereocenters. The number of hydrogen-bond acceptors (Lipinski definition) is 4. The lowest BCUT2D eigenvalue weighted by atomic mass is 9.84. The Morgan fingerprint density at radius 3 is 2.65 bits per heavy atom. The molecular formula is C12H15IO4. The van der Waals surface area contributed by atoms with Gasteiger partial charge in [0.1, 0.15) is 11.4 Å². The Hall–Kier alpha value is -0.590. The number of carbonyl (C=O) groups is 2. The molecule has 1 heterocycles. The minimum atomic E-state index is -0.519. The Bertz CT molecular complexity index is 405. The molecule has 1 aliphatic carbocycles. The van der Waals surface area contributed by atoms with Crippen molar-refractivity contribution in [3.05, 3.63) is 9.34 Å². The molecule has 4 nitrogen and oxygen atoms in total. The molecule has 5 heteroatoms. The summed E-state index contributed by atoms with van der Waals surface area (Å²) in [6.07, 6.45) is 1.10. The largest absolute Gasteiger partial charge is 0.460 e. The van der Waals surface area contributed by atoms with Crippen LogP contribution in [0.15, 0.2) is 9.34 Å². The fourth-order valence-corrected chi connectivity index (χ4v) is 2.87. The summed E-state index contributed by atoms with van der Waals surface area (Å²) in [5.74, 6) is -0.587. The second-order valence-electron chi connectivity index (χ2n) is 5.40. The Balaban J connectivity index is 2.16. The van der Waals surface area contributed by atoms with E-state index in [1.165, 1.54) is 0 Å². The van der Waals surface area contributed by atoms with Gasteiger partial charge in [-0.15, -0.1) is 0 Å². The van der Waals surface area contributed by atoms with Crippen LogP contribution in [0.5, 0.6) is 0 Å². The van der Waals surface area contributed by atoms with Gasteiger partial charge in [-0.1, -0.05) is 0 Å². The molecule has 0 saturated carbocycles. The second kappa shape index (κ2) is 4.26. The van der Waals surface area contributed by atoms with Gasteiger partial charge in [-0.3, -0.25) is 9.59 Å². The van der Waals surface area contributed by atoms with Crippen molar-refractivity contribution in [1.82, 2.24) is 0 Å². The van der Waals surface area contributed by atoms with Crippen LogP contribution in [0.2, 0.25) is 0 Å². The van der Waals surface area contributed by atoms with Gasteiger partial charge in [0.05, 0.1) is 11.8 Å². The van der Waals surface area contributed by atoms with Gasteiger partial charge in [-0.25, -0.2) is 0 Å². The number of rotatable bonds is 1. The summed E-state index contributed by atoms with van der Waals surface area (Å²) in [7, 11) is 0. The highest BCUT2D eigenvalue weighted by atomic mass is 127. The van der Waals surface area contributed by atoms with Crippen LogP contribution in [0.4, 0.5) is 0 Å². The molecule has 1 fully saturated rings. The molecule has 0 amide bonds. The van der Waals surface area contributed by atoms with Gasteiger partial charge in [0.25, 0.3) is 0 Å². The van der Waals surface area contributed by atoms with Crippen molar-refractivity contribution in [2.45, 2.75) is 39.2 Å². The van der Waals surface area contributed by atoms with E-state index in [2.05, 4.69) is 22.6 Å². The van der Waals surface area contributed by atoms with Crippen molar-refractivity contribution < 1.29 is 19.1 Å². The van der Waals surface area contributed by atoms with E-state index < -0.39 is 5.60 Å². The Labute approximate surface area is 114 Å². The minimum absolute atomic E-state index is 0.289. The van der Waals surface area contributed by atoms with Crippen LogP contribution in [-0.2, 0) is 19.1 Å². The van der Waals surface area contributed by atoms with Gasteiger partial charge in [0, 0.05) is 10.0 Å². The van der Waals surface area contributed by atoms with Crippen molar-refractivity contribution in [2.75, 3.05) is 0 Å². The number of fused-ring (bicyclic) bond motifs is 2. The molecule has 2 rings (SSSR count). The normalized spacial score (nSPS) is 28.1. The predicted molar refractivity (Wildman–Crippen MR) is 69.2 cm³/mol. The maximum absolute atomic E-state index is 12.0. The van der Waals surface area contributed by atoms with Gasteiger partial charge in [0.2, 0.25) is 0 Å². The molecule has 0 aromatic carbocycles. The summed E-state index contributed by atoms with van der Waals surface area (Å²) in [6, 6.07) is 0. The maximum Gasteiger partial charge on any atom is 0.315 e. The average molecular weight is 350 g/mol. The Kier molecular flexibility index (Phi) is 3.22. The fourth-order valence-electron chi connectivity index (χ4n) is 2.07. The van der Waals surface area contributed by atoms with Gasteiger partial charge >= 0.3 is 11.9 Å². The highest BCUT2D eigenvalue weighted by Gasteiger charge is 2.47. The number of allylic oxidation sites excluding steroid dienone is 2. The molecule has 2 bridgehead atoms. The molecule has 0 radical (unpaired) electrons. The van der Waals surface area contributed by atoms with Crippen LogP contribution in [0.3, 0.4) is 0 Å². The summed E-state index contributed by atoms with van der Waals surface area (Å²) in [5.41, 5.74) is -0.519. The summed E-state index contributed by atoms with van der Waals surface area (Å²) in [4.78, 5) is 23.7. The third kappa shape index (κ3) is 2.64. The van der Waals surface area contributed by atoms with Crippen molar-refractivity contribution >= 4 is 34.5 Å². The molecule has 17 heavy (non-hydrogen) atoms. The zero-order chi connectivity index (χ0) is 12.8. The SMILES string of the molecule is CC(C)(C)OC(=O)[C@H]1CC(I)=C2C[C@@H]1C(=O)O2. The third-order valence-corrected chi connectivity index (χ3v) is 3.87. The van der Waals surface area contributed by atoms with Crippen molar-refractivity contribution in [1.29, 1.82) is 0 Å². The fraction of sp³-hybridized carbons (Fsp3) is 0.667. The highest BCUT2D eigenvalue weighted by Crippen LogP contribution is 2.44. The average Bonchev–Trinajstić information content (AvgIpc) is 2.48. The van der Waals surface area contributed by atoms with Crippen LogP contribution in [-0.4, -0.2) is 17.5 Å². The second-order valence-corrected chi connectivity index (χ2v) is 6.71. The van der Waals surface area contributed by atoms with Crippen LogP contribution in [0.1, 0.15) is 33.6 Å². The molecule has 94 valence electrons. The quantitative estimate of drug-likeness (QED) is 0.539. The summed E-state index contributed by atoms with van der Waals surface area (Å²) in [5, 5.41) is 0. The van der Waals surface area contributed by atoms with E-state index in [9.17, 15) is 9.59 Å². The summed E-state index contributed by atoms with van der Waals surface area (Å²) in [6.45, 7) is 5.48. The number of ether oxygens (including phenoxy) is 2. The number of esters is 2. The first-order valence-electron chi connectivity index (χ1n) is 5.60. The number of carbonyl (C=O) groups excluding carboxylic acids is 2. The zero-order valence-electron chi connectivity index (χ0n) is 10.1. The number of halogens is 1. The van der Waals surface area contributed by atoms with Gasteiger partial charge in [0.15, 0.2) is 0 Å².